The van der Waals surface area contributed by atoms with Crippen molar-refractivity contribution < 1.29 is 47.7 Å². The van der Waals surface area contributed by atoms with E-state index in [0.29, 0.717) is 18.4 Å². The largest absolute Gasteiger partial charge is 0.493 e. The van der Waals surface area contributed by atoms with Gasteiger partial charge in [-0.15, -0.1) is 0 Å². The van der Waals surface area contributed by atoms with Crippen LogP contribution in [0, 0.1) is 0 Å². The minimum absolute atomic E-state index is 0.139. The molecule has 0 saturated carbocycles. The topological polar surface area (TPSA) is 184 Å². The maximum atomic E-state index is 11.9. The lowest BCUT2D eigenvalue weighted by atomic mass is 10.2. The van der Waals surface area contributed by atoms with Gasteiger partial charge in [0.15, 0.2) is 6.61 Å². The maximum absolute atomic E-state index is 11.9. The molecule has 0 aromatic heterocycles. The number of benzene rings is 1. The van der Waals surface area contributed by atoms with Gasteiger partial charge in [-0.2, -0.15) is 0 Å². The van der Waals surface area contributed by atoms with Gasteiger partial charge in [0.25, 0.3) is 0 Å². The average molecular weight is 450 g/mol. The first-order chi connectivity index (χ1) is 14.0. The van der Waals surface area contributed by atoms with E-state index in [1.807, 2.05) is 19.2 Å². The molecule has 0 aliphatic rings. The molecule has 1 amide bonds. The molecule has 0 spiro atoms. The number of carbonyl (C=O) groups is 3. The molecule has 0 heterocycles. The summed E-state index contributed by atoms with van der Waals surface area (Å²) in [4.78, 5) is 42.8. The number of ether oxygens (including phenoxy) is 3. The molecule has 0 bridgehead atoms. The summed E-state index contributed by atoms with van der Waals surface area (Å²) >= 11 is 0. The fraction of sp³-hybridized carbons (Fsp3) is 0.471. The third-order valence-electron chi connectivity index (χ3n) is 2.60. The van der Waals surface area contributed by atoms with Crippen molar-refractivity contribution in [1.29, 1.82) is 0 Å². The molecule has 1 aromatic rings. The number of esters is 1. The summed E-state index contributed by atoms with van der Waals surface area (Å²) in [6, 6.07) is 6.65. The predicted molar refractivity (Wildman–Crippen MR) is 105 cm³/mol. The van der Waals surface area contributed by atoms with Crippen molar-refractivity contribution >= 4 is 25.6 Å². The number of carboxylic acid groups (broad SMARTS) is 1. The lowest BCUT2D eigenvalue weighted by molar-refractivity contribution is -0.139. The number of amides is 1. The van der Waals surface area contributed by atoms with Crippen molar-refractivity contribution in [2.45, 2.75) is 26.8 Å². The molecule has 0 aliphatic carbocycles. The number of aliphatic carboxylic acids is 1. The SMILES string of the molecule is CC(C)N.CCOc1ccccc1C(=O)OCOC(=O)NCP(=O)(O)OCC(=O)O. The first-order valence-corrected chi connectivity index (χ1v) is 10.5. The summed E-state index contributed by atoms with van der Waals surface area (Å²) in [5.74, 6) is -1.93. The van der Waals surface area contributed by atoms with E-state index in [-0.39, 0.29) is 5.56 Å². The van der Waals surface area contributed by atoms with Gasteiger partial charge in [-0.3, -0.25) is 9.09 Å². The molecule has 30 heavy (non-hydrogen) atoms. The van der Waals surface area contributed by atoms with E-state index in [1.165, 1.54) is 6.07 Å². The third kappa shape index (κ3) is 13.5. The van der Waals surface area contributed by atoms with Crippen LogP contribution in [0.25, 0.3) is 0 Å². The number of carboxylic acids is 1. The zero-order valence-corrected chi connectivity index (χ0v) is 17.8. The molecular formula is C17H27N2O10P. The molecule has 1 unspecified atom stereocenters. The highest BCUT2D eigenvalue weighted by Crippen LogP contribution is 2.39. The number of nitrogens with one attached hydrogen (secondary N) is 1. The molecule has 5 N–H and O–H groups in total. The van der Waals surface area contributed by atoms with Crippen LogP contribution in [0.3, 0.4) is 0 Å². The molecule has 1 atom stereocenters. The van der Waals surface area contributed by atoms with Crippen LogP contribution in [-0.4, -0.2) is 60.4 Å². The highest BCUT2D eigenvalue weighted by Gasteiger charge is 2.22. The van der Waals surface area contributed by atoms with Gasteiger partial charge >= 0.3 is 25.6 Å². The van der Waals surface area contributed by atoms with Gasteiger partial charge in [0.05, 0.1) is 6.61 Å². The quantitative estimate of drug-likeness (QED) is 0.230. The second-order valence-electron chi connectivity index (χ2n) is 5.79. The number of alkyl carbamates (subject to hydrolysis) is 1. The van der Waals surface area contributed by atoms with Gasteiger partial charge in [-0.25, -0.2) is 14.4 Å². The Morgan fingerprint density at radius 1 is 1.20 bits per heavy atom. The molecule has 12 nitrogen and oxygen atoms in total. The third-order valence-corrected chi connectivity index (χ3v) is 3.69. The summed E-state index contributed by atoms with van der Waals surface area (Å²) in [5.41, 5.74) is 5.25. The van der Waals surface area contributed by atoms with Crippen LogP contribution in [0.1, 0.15) is 31.1 Å². The van der Waals surface area contributed by atoms with E-state index < -0.39 is 45.3 Å². The Kier molecular flexibility index (Phi) is 13.1. The van der Waals surface area contributed by atoms with Gasteiger partial charge in [0.1, 0.15) is 17.6 Å². The van der Waals surface area contributed by atoms with Crippen molar-refractivity contribution in [2.24, 2.45) is 5.73 Å². The van der Waals surface area contributed by atoms with Crippen molar-refractivity contribution in [1.82, 2.24) is 5.32 Å². The van der Waals surface area contributed by atoms with E-state index in [0.717, 1.165) is 0 Å². The Hall–Kier alpha value is -2.66. The highest BCUT2D eigenvalue weighted by molar-refractivity contribution is 7.52. The number of para-hydroxylation sites is 1. The number of carbonyl (C=O) groups excluding carboxylic acids is 2. The van der Waals surface area contributed by atoms with E-state index in [4.69, 9.17) is 20.3 Å². The van der Waals surface area contributed by atoms with Gasteiger partial charge in [-0.1, -0.05) is 26.0 Å². The molecule has 13 heteroatoms. The average Bonchev–Trinajstić information content (AvgIpc) is 2.65. The Morgan fingerprint density at radius 3 is 2.37 bits per heavy atom. The summed E-state index contributed by atoms with van der Waals surface area (Å²) in [5, 5.41) is 10.2. The second kappa shape index (κ2) is 14.3. The zero-order valence-electron chi connectivity index (χ0n) is 16.9. The summed E-state index contributed by atoms with van der Waals surface area (Å²) in [6.07, 6.45) is -2.04. The fourth-order valence-electron chi connectivity index (χ4n) is 1.55. The number of hydrogen-bond donors (Lipinski definition) is 4. The minimum atomic E-state index is -4.33. The van der Waals surface area contributed by atoms with Crippen LogP contribution < -0.4 is 15.8 Å². The monoisotopic (exact) mass is 450 g/mol. The van der Waals surface area contributed by atoms with Gasteiger partial charge in [0, 0.05) is 0 Å². The van der Waals surface area contributed by atoms with Gasteiger partial charge in [0.2, 0.25) is 6.79 Å². The summed E-state index contributed by atoms with van der Waals surface area (Å²) < 4.78 is 30.1. The van der Waals surface area contributed by atoms with Gasteiger partial charge < -0.3 is 35.3 Å². The normalized spacial score (nSPS) is 12.1. The summed E-state index contributed by atoms with van der Waals surface area (Å²) in [6.45, 7) is 4.22. The molecule has 170 valence electrons. The molecule has 0 saturated heterocycles. The van der Waals surface area contributed by atoms with E-state index >= 15 is 0 Å². The zero-order chi connectivity index (χ0) is 23.2. The molecular weight excluding hydrogens is 423 g/mol. The first-order valence-electron chi connectivity index (χ1n) is 8.71. The fourth-order valence-corrected chi connectivity index (χ4v) is 2.28. The Balaban J connectivity index is 0.00000192. The van der Waals surface area contributed by atoms with Crippen LogP contribution in [0.5, 0.6) is 5.75 Å². The first kappa shape index (κ1) is 27.3. The van der Waals surface area contributed by atoms with E-state index in [1.54, 1.807) is 25.1 Å². The predicted octanol–water partition coefficient (Wildman–Crippen LogP) is 1.52. The van der Waals surface area contributed by atoms with Crippen molar-refractivity contribution in [3.05, 3.63) is 29.8 Å². The number of rotatable bonds is 10. The highest BCUT2D eigenvalue weighted by atomic mass is 31.2. The lowest BCUT2D eigenvalue weighted by Gasteiger charge is -2.12. The lowest BCUT2D eigenvalue weighted by Crippen LogP contribution is -2.27. The maximum Gasteiger partial charge on any atom is 0.410 e. The van der Waals surface area contributed by atoms with Crippen LogP contribution in [-0.2, 0) is 23.4 Å². The summed E-state index contributed by atoms with van der Waals surface area (Å²) in [7, 11) is -4.33. The van der Waals surface area contributed by atoms with Crippen LogP contribution in [0.4, 0.5) is 4.79 Å². The second-order valence-corrected chi connectivity index (χ2v) is 7.64. The Labute approximate surface area is 173 Å². The molecule has 1 aromatic carbocycles. The van der Waals surface area contributed by atoms with Gasteiger partial charge in [-0.05, 0) is 25.1 Å². The number of nitrogens with two attached hydrogens (primary N) is 1. The molecule has 0 fully saturated rings. The van der Waals surface area contributed by atoms with Crippen LogP contribution in [0.2, 0.25) is 0 Å². The number of hydrogen-bond acceptors (Lipinski definition) is 9. The Morgan fingerprint density at radius 2 is 1.80 bits per heavy atom. The van der Waals surface area contributed by atoms with Crippen LogP contribution in [0.15, 0.2) is 24.3 Å². The molecule has 0 radical (unpaired) electrons. The smallest absolute Gasteiger partial charge is 0.410 e. The van der Waals surface area contributed by atoms with E-state index in [9.17, 15) is 23.8 Å². The van der Waals surface area contributed by atoms with Crippen molar-refractivity contribution in [3.8, 4) is 5.75 Å². The van der Waals surface area contributed by atoms with E-state index in [2.05, 4.69) is 9.26 Å². The minimum Gasteiger partial charge on any atom is -0.493 e. The molecule has 0 aliphatic heterocycles. The standard InChI is InChI=1S/C14H18NO10P.C3H9N/c1-2-22-11-6-4-3-5-10(11)13(18)23-9-24-14(19)15-8-26(20,21)25-7-12(16)17;1-3(2)4/h3-6H,2,7-9H2,1H3,(H,15,19)(H,16,17)(H,20,21);3H,4H2,1-2H3. The van der Waals surface area contributed by atoms with Crippen molar-refractivity contribution in [2.75, 3.05) is 26.3 Å². The van der Waals surface area contributed by atoms with Crippen molar-refractivity contribution in [3.63, 3.8) is 0 Å². The Bertz CT molecular complexity index is 738. The van der Waals surface area contributed by atoms with Crippen LogP contribution >= 0.6 is 7.60 Å². The molecule has 1 rings (SSSR count).